The molecular weight excluding hydrogens is 338 g/mol. The predicted octanol–water partition coefficient (Wildman–Crippen LogP) is 5.45. The first-order valence-corrected chi connectivity index (χ1v) is 8.55. The Hall–Kier alpha value is -3.66. The molecule has 0 N–H and O–H groups in total. The highest BCUT2D eigenvalue weighted by molar-refractivity contribution is 5.89. The lowest BCUT2D eigenvalue weighted by molar-refractivity contribution is 0.0600. The number of nitrogens with zero attached hydrogens (tertiary/aromatic N) is 1. The number of esters is 1. The van der Waals surface area contributed by atoms with Crippen molar-refractivity contribution in [1.29, 1.82) is 0 Å². The van der Waals surface area contributed by atoms with Gasteiger partial charge in [-0.2, -0.15) is 0 Å². The zero-order valence-electron chi connectivity index (χ0n) is 14.8. The highest BCUT2D eigenvalue weighted by atomic mass is 16.5. The summed E-state index contributed by atoms with van der Waals surface area (Å²) < 4.78 is 10.5. The molecule has 0 unspecified atom stereocenters. The molecule has 0 fully saturated rings. The van der Waals surface area contributed by atoms with Crippen molar-refractivity contribution < 1.29 is 13.9 Å². The third-order valence-electron chi connectivity index (χ3n) is 4.25. The second-order valence-corrected chi connectivity index (χ2v) is 6.06. The van der Waals surface area contributed by atoms with Gasteiger partial charge in [0.1, 0.15) is 5.52 Å². The topological polar surface area (TPSA) is 52.3 Å². The van der Waals surface area contributed by atoms with Crippen molar-refractivity contribution in [2.75, 3.05) is 7.11 Å². The minimum atomic E-state index is -0.333. The van der Waals surface area contributed by atoms with Gasteiger partial charge in [0.25, 0.3) is 0 Å². The highest BCUT2D eigenvalue weighted by Crippen LogP contribution is 2.24. The Morgan fingerprint density at radius 2 is 1.52 bits per heavy atom. The van der Waals surface area contributed by atoms with Crippen LogP contribution in [0.2, 0.25) is 0 Å². The molecule has 4 nitrogen and oxygen atoms in total. The van der Waals surface area contributed by atoms with Crippen molar-refractivity contribution in [1.82, 2.24) is 4.98 Å². The summed E-state index contributed by atoms with van der Waals surface area (Å²) in [5, 5.41) is 0. The van der Waals surface area contributed by atoms with Crippen LogP contribution in [0.1, 0.15) is 21.5 Å². The second-order valence-electron chi connectivity index (χ2n) is 6.06. The maximum Gasteiger partial charge on any atom is 0.337 e. The molecule has 3 aromatic carbocycles. The molecule has 4 aromatic rings. The molecule has 0 bridgehead atoms. The SMILES string of the molecule is COC(=O)c1ccc(/C=C\c2ccc(-c3nc4ccccc4o3)cc2)cc1. The lowest BCUT2D eigenvalue weighted by Crippen LogP contribution is -2.00. The van der Waals surface area contributed by atoms with Crippen molar-refractivity contribution in [2.24, 2.45) is 0 Å². The van der Waals surface area contributed by atoms with Gasteiger partial charge in [0.15, 0.2) is 5.58 Å². The Morgan fingerprint density at radius 1 is 0.889 bits per heavy atom. The summed E-state index contributed by atoms with van der Waals surface area (Å²) in [6, 6.07) is 23.0. The van der Waals surface area contributed by atoms with E-state index < -0.39 is 0 Å². The van der Waals surface area contributed by atoms with E-state index in [-0.39, 0.29) is 5.97 Å². The second kappa shape index (κ2) is 7.30. The first-order valence-electron chi connectivity index (χ1n) is 8.55. The van der Waals surface area contributed by atoms with E-state index in [0.717, 1.165) is 27.8 Å². The maximum absolute atomic E-state index is 11.5. The van der Waals surface area contributed by atoms with E-state index in [0.29, 0.717) is 11.5 Å². The number of carbonyl (C=O) groups excluding carboxylic acids is 1. The molecule has 0 amide bonds. The van der Waals surface area contributed by atoms with E-state index in [1.807, 2.05) is 72.8 Å². The van der Waals surface area contributed by atoms with Gasteiger partial charge in [0.2, 0.25) is 5.89 Å². The Bertz CT molecular complexity index is 1070. The summed E-state index contributed by atoms with van der Waals surface area (Å²) >= 11 is 0. The number of carbonyl (C=O) groups is 1. The van der Waals surface area contributed by atoms with Gasteiger partial charge >= 0.3 is 5.97 Å². The molecule has 0 saturated carbocycles. The summed E-state index contributed by atoms with van der Waals surface area (Å²) in [6.07, 6.45) is 4.01. The van der Waals surface area contributed by atoms with Crippen LogP contribution in [0.5, 0.6) is 0 Å². The number of oxazole rings is 1. The Morgan fingerprint density at radius 3 is 2.15 bits per heavy atom. The zero-order valence-corrected chi connectivity index (χ0v) is 14.8. The highest BCUT2D eigenvalue weighted by Gasteiger charge is 2.07. The van der Waals surface area contributed by atoms with Crippen LogP contribution in [0.15, 0.2) is 77.2 Å². The van der Waals surface area contributed by atoms with Crippen molar-refractivity contribution in [3.05, 3.63) is 89.5 Å². The Balaban J connectivity index is 1.50. The van der Waals surface area contributed by atoms with Gasteiger partial charge in [-0.15, -0.1) is 0 Å². The number of rotatable bonds is 4. The smallest absolute Gasteiger partial charge is 0.337 e. The summed E-state index contributed by atoms with van der Waals surface area (Å²) in [5.41, 5.74) is 5.18. The van der Waals surface area contributed by atoms with Crippen molar-refractivity contribution in [3.8, 4) is 11.5 Å². The monoisotopic (exact) mass is 355 g/mol. The Labute approximate surface area is 156 Å². The quantitative estimate of drug-likeness (QED) is 0.361. The fourth-order valence-corrected chi connectivity index (χ4v) is 2.77. The van der Waals surface area contributed by atoms with Gasteiger partial charge < -0.3 is 9.15 Å². The molecule has 0 spiro atoms. The van der Waals surface area contributed by atoms with Gasteiger partial charge in [0.05, 0.1) is 12.7 Å². The van der Waals surface area contributed by atoms with E-state index in [2.05, 4.69) is 4.98 Å². The number of ether oxygens (including phenoxy) is 1. The molecule has 132 valence electrons. The molecule has 0 radical (unpaired) electrons. The minimum absolute atomic E-state index is 0.333. The predicted molar refractivity (Wildman–Crippen MR) is 106 cm³/mol. The van der Waals surface area contributed by atoms with Crippen LogP contribution >= 0.6 is 0 Å². The first kappa shape index (κ1) is 16.8. The Kier molecular flexibility index (Phi) is 4.54. The number of methoxy groups -OCH3 is 1. The fourth-order valence-electron chi connectivity index (χ4n) is 2.77. The minimum Gasteiger partial charge on any atom is -0.465 e. The van der Waals surface area contributed by atoms with Crippen LogP contribution in [-0.2, 0) is 4.74 Å². The number of aromatic nitrogens is 1. The van der Waals surface area contributed by atoms with Gasteiger partial charge in [-0.25, -0.2) is 9.78 Å². The molecule has 0 aliphatic rings. The van der Waals surface area contributed by atoms with Crippen molar-refractivity contribution >= 4 is 29.2 Å². The number of fused-ring (bicyclic) bond motifs is 1. The normalized spacial score (nSPS) is 11.1. The third kappa shape index (κ3) is 3.65. The lowest BCUT2D eigenvalue weighted by Gasteiger charge is -2.00. The van der Waals surface area contributed by atoms with E-state index in [1.165, 1.54) is 7.11 Å². The lowest BCUT2D eigenvalue weighted by atomic mass is 10.1. The van der Waals surface area contributed by atoms with Gasteiger partial charge in [0, 0.05) is 5.56 Å². The van der Waals surface area contributed by atoms with E-state index in [9.17, 15) is 4.79 Å². The van der Waals surface area contributed by atoms with Gasteiger partial charge in [-0.3, -0.25) is 0 Å². The van der Waals surface area contributed by atoms with Gasteiger partial charge in [-0.1, -0.05) is 48.6 Å². The molecule has 0 aliphatic heterocycles. The van der Waals surface area contributed by atoms with Crippen LogP contribution in [-0.4, -0.2) is 18.1 Å². The average molecular weight is 355 g/mol. The van der Waals surface area contributed by atoms with Crippen molar-refractivity contribution in [2.45, 2.75) is 0 Å². The maximum atomic E-state index is 11.5. The van der Waals surface area contributed by atoms with Crippen LogP contribution in [0.3, 0.4) is 0 Å². The van der Waals surface area contributed by atoms with Gasteiger partial charge in [-0.05, 0) is 47.5 Å². The molecule has 0 saturated heterocycles. The van der Waals surface area contributed by atoms with Crippen LogP contribution in [0.25, 0.3) is 34.7 Å². The molecule has 4 rings (SSSR count). The summed E-state index contributed by atoms with van der Waals surface area (Å²) in [7, 11) is 1.38. The van der Waals surface area contributed by atoms with E-state index in [4.69, 9.17) is 9.15 Å². The molecule has 0 atom stereocenters. The molecule has 27 heavy (non-hydrogen) atoms. The molecular formula is C23H17NO3. The van der Waals surface area contributed by atoms with E-state index in [1.54, 1.807) is 12.1 Å². The summed E-state index contributed by atoms with van der Waals surface area (Å²) in [5.74, 6) is 0.283. The van der Waals surface area contributed by atoms with Crippen LogP contribution in [0, 0.1) is 0 Å². The number of para-hydroxylation sites is 2. The number of benzene rings is 3. The summed E-state index contributed by atoms with van der Waals surface area (Å²) in [4.78, 5) is 16.0. The van der Waals surface area contributed by atoms with Crippen LogP contribution in [0.4, 0.5) is 0 Å². The largest absolute Gasteiger partial charge is 0.465 e. The van der Waals surface area contributed by atoms with Crippen molar-refractivity contribution in [3.63, 3.8) is 0 Å². The number of hydrogen-bond acceptors (Lipinski definition) is 4. The van der Waals surface area contributed by atoms with E-state index >= 15 is 0 Å². The standard InChI is InChI=1S/C23H17NO3/c1-26-23(25)19-14-10-17(11-15-19)7-6-16-8-12-18(13-9-16)22-24-20-4-2-3-5-21(20)27-22/h2-15H,1H3/b7-6-. The average Bonchev–Trinajstić information content (AvgIpc) is 3.17. The number of hydrogen-bond donors (Lipinski definition) is 0. The third-order valence-corrected chi connectivity index (χ3v) is 4.25. The first-order chi connectivity index (χ1) is 13.2. The molecule has 1 aromatic heterocycles. The summed E-state index contributed by atoms with van der Waals surface area (Å²) in [6.45, 7) is 0. The molecule has 4 heteroatoms. The molecule has 1 heterocycles. The van der Waals surface area contributed by atoms with Crippen LogP contribution < -0.4 is 0 Å². The zero-order chi connectivity index (χ0) is 18.6. The molecule has 0 aliphatic carbocycles. The fraction of sp³-hybridized carbons (Fsp3) is 0.0435.